The maximum atomic E-state index is 9.31. The van der Waals surface area contributed by atoms with Crippen LogP contribution in [0.15, 0.2) is 41.8 Å². The number of benzene rings is 1. The number of pyridine rings is 1. The summed E-state index contributed by atoms with van der Waals surface area (Å²) in [5, 5.41) is 15.6. The second kappa shape index (κ2) is 5.19. The highest BCUT2D eigenvalue weighted by atomic mass is 32.1. The van der Waals surface area contributed by atoms with Crippen molar-refractivity contribution in [3.05, 3.63) is 52.2 Å². The molecule has 0 radical (unpaired) electrons. The predicted octanol–water partition coefficient (Wildman–Crippen LogP) is 3.36. The number of thiophene rings is 1. The highest BCUT2D eigenvalue weighted by molar-refractivity contribution is 7.09. The molecule has 0 aliphatic heterocycles. The van der Waals surface area contributed by atoms with Crippen LogP contribution in [0.5, 0.6) is 0 Å². The lowest BCUT2D eigenvalue weighted by Gasteiger charge is -2.12. The number of fused-ring (bicyclic) bond motifs is 1. The van der Waals surface area contributed by atoms with Gasteiger partial charge < -0.3 is 11.1 Å². The fourth-order valence-electron chi connectivity index (χ4n) is 2.12. The van der Waals surface area contributed by atoms with E-state index in [4.69, 9.17) is 5.73 Å². The Bertz CT molecular complexity index is 787. The van der Waals surface area contributed by atoms with Crippen LogP contribution in [-0.2, 0) is 6.54 Å². The van der Waals surface area contributed by atoms with Crippen molar-refractivity contribution in [3.63, 3.8) is 0 Å². The van der Waals surface area contributed by atoms with Gasteiger partial charge in [-0.25, -0.2) is 4.98 Å². The van der Waals surface area contributed by atoms with Crippen molar-refractivity contribution in [2.24, 2.45) is 0 Å². The highest BCUT2D eigenvalue weighted by Crippen LogP contribution is 2.30. The SMILES string of the molecule is N#Cc1c(N)nc2ccccc2c1NCc1cccs1. The first kappa shape index (κ1) is 12.5. The second-order valence-electron chi connectivity index (χ2n) is 4.31. The summed E-state index contributed by atoms with van der Waals surface area (Å²) >= 11 is 1.67. The van der Waals surface area contributed by atoms with Gasteiger partial charge >= 0.3 is 0 Å². The van der Waals surface area contributed by atoms with Crippen LogP contribution >= 0.6 is 11.3 Å². The number of nitriles is 1. The van der Waals surface area contributed by atoms with Gasteiger partial charge in [-0.3, -0.25) is 0 Å². The molecule has 4 nitrogen and oxygen atoms in total. The van der Waals surface area contributed by atoms with Crippen LogP contribution in [0.4, 0.5) is 11.5 Å². The summed E-state index contributed by atoms with van der Waals surface area (Å²) in [6, 6.07) is 13.9. The Labute approximate surface area is 120 Å². The second-order valence-corrected chi connectivity index (χ2v) is 5.34. The number of hydrogen-bond donors (Lipinski definition) is 2. The Morgan fingerprint density at radius 3 is 2.85 bits per heavy atom. The van der Waals surface area contributed by atoms with E-state index >= 15 is 0 Å². The number of nitrogens with two attached hydrogens (primary N) is 1. The topological polar surface area (TPSA) is 74.7 Å². The van der Waals surface area contributed by atoms with Crippen LogP contribution in [0.1, 0.15) is 10.4 Å². The van der Waals surface area contributed by atoms with Crippen molar-refractivity contribution >= 4 is 33.7 Å². The maximum Gasteiger partial charge on any atom is 0.144 e. The normalized spacial score (nSPS) is 10.3. The van der Waals surface area contributed by atoms with Crippen molar-refractivity contribution in [3.8, 4) is 6.07 Å². The Morgan fingerprint density at radius 1 is 1.25 bits per heavy atom. The molecule has 0 fully saturated rings. The number of hydrogen-bond acceptors (Lipinski definition) is 5. The summed E-state index contributed by atoms with van der Waals surface area (Å²) in [7, 11) is 0. The molecule has 0 amide bonds. The predicted molar refractivity (Wildman–Crippen MR) is 82.5 cm³/mol. The first-order valence-electron chi connectivity index (χ1n) is 6.14. The zero-order valence-electron chi connectivity index (χ0n) is 10.6. The molecule has 1 aromatic carbocycles. The van der Waals surface area contributed by atoms with E-state index in [1.165, 1.54) is 4.88 Å². The quantitative estimate of drug-likeness (QED) is 0.771. The molecule has 0 aliphatic rings. The molecule has 2 heterocycles. The summed E-state index contributed by atoms with van der Waals surface area (Å²) in [5.74, 6) is 0.264. The van der Waals surface area contributed by atoms with E-state index in [1.807, 2.05) is 35.7 Å². The molecule has 20 heavy (non-hydrogen) atoms. The van der Waals surface area contributed by atoms with Crippen LogP contribution < -0.4 is 11.1 Å². The minimum atomic E-state index is 0.264. The fraction of sp³-hybridized carbons (Fsp3) is 0.0667. The Balaban J connectivity index is 2.09. The molecule has 0 saturated carbocycles. The van der Waals surface area contributed by atoms with E-state index < -0.39 is 0 Å². The minimum absolute atomic E-state index is 0.264. The van der Waals surface area contributed by atoms with Gasteiger partial charge in [-0.2, -0.15) is 5.26 Å². The van der Waals surface area contributed by atoms with Gasteiger partial charge in [0, 0.05) is 16.8 Å². The lowest BCUT2D eigenvalue weighted by atomic mass is 10.1. The molecule has 0 saturated heterocycles. The monoisotopic (exact) mass is 280 g/mol. The highest BCUT2D eigenvalue weighted by Gasteiger charge is 2.12. The molecule has 2 aromatic heterocycles. The smallest absolute Gasteiger partial charge is 0.144 e. The van der Waals surface area contributed by atoms with Gasteiger partial charge in [0.2, 0.25) is 0 Å². The van der Waals surface area contributed by atoms with Crippen molar-refractivity contribution in [2.75, 3.05) is 11.1 Å². The number of nitrogens with one attached hydrogen (secondary N) is 1. The lowest BCUT2D eigenvalue weighted by molar-refractivity contribution is 1.19. The molecule has 0 aliphatic carbocycles. The summed E-state index contributed by atoms with van der Waals surface area (Å²) in [5.41, 5.74) is 7.82. The molecule has 3 N–H and O–H groups in total. The first-order chi connectivity index (χ1) is 9.79. The van der Waals surface area contributed by atoms with Gasteiger partial charge in [-0.15, -0.1) is 11.3 Å². The zero-order chi connectivity index (χ0) is 13.9. The van der Waals surface area contributed by atoms with E-state index in [-0.39, 0.29) is 5.82 Å². The zero-order valence-corrected chi connectivity index (χ0v) is 11.4. The molecule has 3 rings (SSSR count). The molecule has 5 heteroatoms. The van der Waals surface area contributed by atoms with Crippen LogP contribution in [0.3, 0.4) is 0 Å². The average Bonchev–Trinajstić information content (AvgIpc) is 2.97. The van der Waals surface area contributed by atoms with Gasteiger partial charge in [0.25, 0.3) is 0 Å². The van der Waals surface area contributed by atoms with E-state index in [9.17, 15) is 5.26 Å². The van der Waals surface area contributed by atoms with Gasteiger partial charge in [0.1, 0.15) is 17.5 Å². The summed E-state index contributed by atoms with van der Waals surface area (Å²) < 4.78 is 0. The molecule has 3 aromatic rings. The van der Waals surface area contributed by atoms with Crippen LogP contribution in [-0.4, -0.2) is 4.98 Å². The van der Waals surface area contributed by atoms with Crippen LogP contribution in [0.2, 0.25) is 0 Å². The molecule has 0 unspecified atom stereocenters. The number of nitrogens with zero attached hydrogens (tertiary/aromatic N) is 2. The van der Waals surface area contributed by atoms with Crippen LogP contribution in [0, 0.1) is 11.3 Å². The Hall–Kier alpha value is -2.58. The van der Waals surface area contributed by atoms with Gasteiger partial charge in [-0.1, -0.05) is 24.3 Å². The number of rotatable bonds is 3. The first-order valence-corrected chi connectivity index (χ1v) is 7.02. The number of nitrogen functional groups attached to an aromatic ring is 1. The Kier molecular flexibility index (Phi) is 3.23. The van der Waals surface area contributed by atoms with E-state index in [0.29, 0.717) is 12.1 Å². The molecular weight excluding hydrogens is 268 g/mol. The van der Waals surface area contributed by atoms with Crippen molar-refractivity contribution in [2.45, 2.75) is 6.54 Å². The fourth-order valence-corrected chi connectivity index (χ4v) is 2.76. The lowest BCUT2D eigenvalue weighted by Crippen LogP contribution is -2.05. The maximum absolute atomic E-state index is 9.31. The summed E-state index contributed by atoms with van der Waals surface area (Å²) in [6.07, 6.45) is 0. The Morgan fingerprint density at radius 2 is 2.10 bits per heavy atom. The van der Waals surface area contributed by atoms with Crippen molar-refractivity contribution in [1.82, 2.24) is 4.98 Å². The van der Waals surface area contributed by atoms with Crippen molar-refractivity contribution < 1.29 is 0 Å². The largest absolute Gasteiger partial charge is 0.383 e. The third-order valence-corrected chi connectivity index (χ3v) is 3.93. The summed E-state index contributed by atoms with van der Waals surface area (Å²) in [6.45, 7) is 0.666. The van der Waals surface area contributed by atoms with E-state index in [2.05, 4.69) is 22.4 Å². The number of para-hydroxylation sites is 1. The molecule has 98 valence electrons. The average molecular weight is 280 g/mol. The molecular formula is C15H12N4S. The van der Waals surface area contributed by atoms with Crippen LogP contribution in [0.25, 0.3) is 10.9 Å². The van der Waals surface area contributed by atoms with Gasteiger partial charge in [0.15, 0.2) is 0 Å². The van der Waals surface area contributed by atoms with Gasteiger partial charge in [0.05, 0.1) is 11.2 Å². The van der Waals surface area contributed by atoms with E-state index in [0.717, 1.165) is 16.6 Å². The van der Waals surface area contributed by atoms with Crippen molar-refractivity contribution in [1.29, 1.82) is 5.26 Å². The number of aromatic nitrogens is 1. The van der Waals surface area contributed by atoms with E-state index in [1.54, 1.807) is 11.3 Å². The summed E-state index contributed by atoms with van der Waals surface area (Å²) in [4.78, 5) is 5.47. The molecule has 0 atom stereocenters. The third kappa shape index (κ3) is 2.17. The molecule has 0 spiro atoms. The van der Waals surface area contributed by atoms with Gasteiger partial charge in [-0.05, 0) is 17.5 Å². The minimum Gasteiger partial charge on any atom is -0.383 e. The third-order valence-electron chi connectivity index (χ3n) is 3.05. The molecule has 0 bridgehead atoms. The number of anilines is 2. The standard InChI is InChI=1S/C15H12N4S/c16-8-12-14(18-9-10-4-3-7-20-10)11-5-1-2-6-13(11)19-15(12)17/h1-7H,9H2,(H3,17,18,19).